The van der Waals surface area contributed by atoms with Gasteiger partial charge < -0.3 is 4.84 Å². The maximum atomic E-state index is 5.31. The van der Waals surface area contributed by atoms with E-state index in [2.05, 4.69) is 53.6 Å². The summed E-state index contributed by atoms with van der Waals surface area (Å²) in [7, 11) is 0. The first-order valence-electron chi connectivity index (χ1n) is 5.86. The number of nitrogens with zero attached hydrogens (tertiary/aromatic N) is 1. The highest BCUT2D eigenvalue weighted by molar-refractivity contribution is 5.89. The van der Waals surface area contributed by atoms with Crippen molar-refractivity contribution in [1.82, 2.24) is 0 Å². The number of oxime groups is 1. The molecule has 0 spiro atoms. The van der Waals surface area contributed by atoms with Crippen LogP contribution in [0.4, 0.5) is 0 Å². The fraction of sp³-hybridized carbons (Fsp3) is 0.923. The molecule has 2 heteroatoms. The lowest BCUT2D eigenvalue weighted by molar-refractivity contribution is 0.140. The van der Waals surface area contributed by atoms with Gasteiger partial charge in [-0.25, -0.2) is 0 Å². The van der Waals surface area contributed by atoms with E-state index in [0.29, 0.717) is 6.61 Å². The molecule has 0 fully saturated rings. The van der Waals surface area contributed by atoms with Gasteiger partial charge in [0.2, 0.25) is 0 Å². The highest BCUT2D eigenvalue weighted by Gasteiger charge is 2.25. The van der Waals surface area contributed by atoms with Crippen LogP contribution in [0.2, 0.25) is 0 Å². The van der Waals surface area contributed by atoms with Crippen LogP contribution in [-0.4, -0.2) is 12.3 Å². The Bertz CT molecular complexity index is 206. The molecule has 15 heavy (non-hydrogen) atoms. The van der Waals surface area contributed by atoms with Crippen molar-refractivity contribution < 1.29 is 4.84 Å². The molecule has 0 amide bonds. The van der Waals surface area contributed by atoms with Crippen molar-refractivity contribution in [2.75, 3.05) is 6.61 Å². The fourth-order valence-corrected chi connectivity index (χ4v) is 1.15. The van der Waals surface area contributed by atoms with Crippen molar-refractivity contribution in [1.29, 1.82) is 0 Å². The minimum absolute atomic E-state index is 0.0982. The third-order valence-corrected chi connectivity index (χ3v) is 2.03. The first-order chi connectivity index (χ1) is 6.67. The Labute approximate surface area is 95.1 Å². The van der Waals surface area contributed by atoms with Gasteiger partial charge in [-0.15, -0.1) is 0 Å². The van der Waals surface area contributed by atoms with Crippen LogP contribution in [-0.2, 0) is 4.84 Å². The minimum atomic E-state index is 0.0982. The van der Waals surface area contributed by atoms with Crippen LogP contribution < -0.4 is 0 Å². The minimum Gasteiger partial charge on any atom is -0.396 e. The molecule has 0 aromatic heterocycles. The van der Waals surface area contributed by atoms with Crippen molar-refractivity contribution in [2.45, 2.75) is 61.3 Å². The van der Waals surface area contributed by atoms with E-state index < -0.39 is 0 Å². The van der Waals surface area contributed by atoms with Gasteiger partial charge in [0.25, 0.3) is 0 Å². The SMILES string of the molecule is CCCO/N=C(\CC(C)(C)C)C(C)(C)C. The topological polar surface area (TPSA) is 21.6 Å². The first kappa shape index (κ1) is 14.5. The third-order valence-electron chi connectivity index (χ3n) is 2.03. The van der Waals surface area contributed by atoms with E-state index in [1.165, 1.54) is 0 Å². The molecule has 0 unspecified atom stereocenters. The highest BCUT2D eigenvalue weighted by atomic mass is 16.6. The molecule has 0 aromatic rings. The molecule has 0 saturated carbocycles. The second kappa shape index (κ2) is 5.53. The van der Waals surface area contributed by atoms with Crippen molar-refractivity contribution in [3.05, 3.63) is 0 Å². The number of hydrogen-bond acceptors (Lipinski definition) is 2. The van der Waals surface area contributed by atoms with Crippen LogP contribution in [0, 0.1) is 10.8 Å². The zero-order chi connectivity index (χ0) is 12.1. The predicted molar refractivity (Wildman–Crippen MR) is 67.2 cm³/mol. The zero-order valence-electron chi connectivity index (χ0n) is 11.5. The van der Waals surface area contributed by atoms with Crippen molar-refractivity contribution in [3.63, 3.8) is 0 Å². The highest BCUT2D eigenvalue weighted by Crippen LogP contribution is 2.28. The summed E-state index contributed by atoms with van der Waals surface area (Å²) in [6.45, 7) is 16.1. The summed E-state index contributed by atoms with van der Waals surface area (Å²) in [5.74, 6) is 0. The molecule has 0 saturated heterocycles. The molecule has 0 aliphatic heterocycles. The normalized spacial score (nSPS) is 14.2. The second-order valence-corrected chi connectivity index (χ2v) is 6.36. The van der Waals surface area contributed by atoms with Gasteiger partial charge in [0.15, 0.2) is 0 Å². The maximum absolute atomic E-state index is 5.31. The quantitative estimate of drug-likeness (QED) is 0.388. The van der Waals surface area contributed by atoms with Gasteiger partial charge in [0.1, 0.15) is 6.61 Å². The lowest BCUT2D eigenvalue weighted by atomic mass is 9.79. The number of hydrogen-bond donors (Lipinski definition) is 0. The van der Waals surface area contributed by atoms with Gasteiger partial charge in [0.05, 0.1) is 5.71 Å². The van der Waals surface area contributed by atoms with Crippen LogP contribution in [0.3, 0.4) is 0 Å². The molecule has 90 valence electrons. The monoisotopic (exact) mass is 213 g/mol. The molecule has 0 aliphatic carbocycles. The van der Waals surface area contributed by atoms with Gasteiger partial charge in [0, 0.05) is 5.41 Å². The van der Waals surface area contributed by atoms with Gasteiger partial charge in [-0.05, 0) is 18.3 Å². The molecule has 0 aliphatic rings. The lowest BCUT2D eigenvalue weighted by Crippen LogP contribution is -2.26. The summed E-state index contributed by atoms with van der Waals surface area (Å²) in [6, 6.07) is 0. The Balaban J connectivity index is 4.53. The largest absolute Gasteiger partial charge is 0.396 e. The Hall–Kier alpha value is -0.530. The summed E-state index contributed by atoms with van der Waals surface area (Å²) in [5.41, 5.74) is 1.52. The summed E-state index contributed by atoms with van der Waals surface area (Å²) in [5, 5.41) is 4.29. The van der Waals surface area contributed by atoms with E-state index in [1.54, 1.807) is 0 Å². The molecule has 2 nitrogen and oxygen atoms in total. The van der Waals surface area contributed by atoms with Gasteiger partial charge in [-0.2, -0.15) is 0 Å². The molecule has 0 atom stereocenters. The van der Waals surface area contributed by atoms with E-state index in [4.69, 9.17) is 4.84 Å². The van der Waals surface area contributed by atoms with Crippen LogP contribution >= 0.6 is 0 Å². The summed E-state index contributed by atoms with van der Waals surface area (Å²) >= 11 is 0. The first-order valence-corrected chi connectivity index (χ1v) is 5.86. The van der Waals surface area contributed by atoms with E-state index >= 15 is 0 Å². The standard InChI is InChI=1S/C13H27NO/c1-8-9-15-14-11(13(5,6)7)10-12(2,3)4/h8-10H2,1-7H3/b14-11+. The van der Waals surface area contributed by atoms with Gasteiger partial charge >= 0.3 is 0 Å². The molecule has 0 bridgehead atoms. The molecular formula is C13H27NO. The van der Waals surface area contributed by atoms with Crippen LogP contribution in [0.5, 0.6) is 0 Å². The Morgan fingerprint density at radius 3 is 1.93 bits per heavy atom. The van der Waals surface area contributed by atoms with E-state index in [9.17, 15) is 0 Å². The smallest absolute Gasteiger partial charge is 0.116 e. The lowest BCUT2D eigenvalue weighted by Gasteiger charge is -2.27. The van der Waals surface area contributed by atoms with Crippen LogP contribution in [0.15, 0.2) is 5.16 Å². The van der Waals surface area contributed by atoms with E-state index in [1.807, 2.05) is 0 Å². The Kier molecular flexibility index (Phi) is 5.33. The average molecular weight is 213 g/mol. The third kappa shape index (κ3) is 7.40. The van der Waals surface area contributed by atoms with Gasteiger partial charge in [-0.1, -0.05) is 53.6 Å². The summed E-state index contributed by atoms with van der Waals surface area (Å²) < 4.78 is 0. The summed E-state index contributed by atoms with van der Waals surface area (Å²) in [6.07, 6.45) is 2.00. The van der Waals surface area contributed by atoms with Crippen molar-refractivity contribution >= 4 is 5.71 Å². The van der Waals surface area contributed by atoms with Crippen LogP contribution in [0.25, 0.3) is 0 Å². The van der Waals surface area contributed by atoms with Crippen LogP contribution in [0.1, 0.15) is 61.3 Å². The predicted octanol–water partition coefficient (Wildman–Crippen LogP) is 4.25. The Morgan fingerprint density at radius 2 is 1.60 bits per heavy atom. The van der Waals surface area contributed by atoms with E-state index in [0.717, 1.165) is 18.6 Å². The average Bonchev–Trinajstić information content (AvgIpc) is 1.99. The fourth-order valence-electron chi connectivity index (χ4n) is 1.15. The molecule has 0 heterocycles. The molecule has 0 aromatic carbocycles. The summed E-state index contributed by atoms with van der Waals surface area (Å²) in [4.78, 5) is 5.31. The molecular weight excluding hydrogens is 186 g/mol. The zero-order valence-corrected chi connectivity index (χ0v) is 11.5. The van der Waals surface area contributed by atoms with Crippen molar-refractivity contribution in [2.24, 2.45) is 16.0 Å². The second-order valence-electron chi connectivity index (χ2n) is 6.36. The van der Waals surface area contributed by atoms with E-state index in [-0.39, 0.29) is 10.8 Å². The number of rotatable bonds is 4. The maximum Gasteiger partial charge on any atom is 0.116 e. The molecule has 0 N–H and O–H groups in total. The Morgan fingerprint density at radius 1 is 1.07 bits per heavy atom. The molecule has 0 radical (unpaired) electrons. The molecule has 0 rings (SSSR count). The van der Waals surface area contributed by atoms with Crippen molar-refractivity contribution in [3.8, 4) is 0 Å². The van der Waals surface area contributed by atoms with Gasteiger partial charge in [-0.3, -0.25) is 0 Å².